The largest absolute Gasteiger partial charge is 0.463 e. The molecule has 128 valence electrons. The highest BCUT2D eigenvalue weighted by atomic mass is 16.3. The number of likely N-dealkylation sites (tertiary alicyclic amines) is 1. The average molecular weight is 336 g/mol. The van der Waals surface area contributed by atoms with Crippen LogP contribution in [0, 0.1) is 0 Å². The lowest BCUT2D eigenvalue weighted by molar-refractivity contribution is 0.0707. The normalized spacial score (nSPS) is 17.6. The first-order valence-electron chi connectivity index (χ1n) is 8.48. The molecule has 0 aliphatic carbocycles. The van der Waals surface area contributed by atoms with E-state index >= 15 is 0 Å². The molecule has 0 spiro atoms. The van der Waals surface area contributed by atoms with Crippen LogP contribution < -0.4 is 0 Å². The first-order chi connectivity index (χ1) is 12.2. The van der Waals surface area contributed by atoms with Gasteiger partial charge in [-0.3, -0.25) is 14.5 Å². The van der Waals surface area contributed by atoms with Gasteiger partial charge < -0.3 is 9.32 Å². The summed E-state index contributed by atoms with van der Waals surface area (Å²) in [4.78, 5) is 19.2. The number of furan rings is 1. The highest BCUT2D eigenvalue weighted by Crippen LogP contribution is 2.28. The minimum Gasteiger partial charge on any atom is -0.463 e. The zero-order chi connectivity index (χ0) is 17.2. The van der Waals surface area contributed by atoms with E-state index < -0.39 is 0 Å². The average Bonchev–Trinajstić information content (AvgIpc) is 3.33. The van der Waals surface area contributed by atoms with E-state index in [4.69, 9.17) is 4.42 Å². The molecule has 25 heavy (non-hydrogen) atoms. The Hall–Kier alpha value is -2.89. The highest BCUT2D eigenvalue weighted by Gasteiger charge is 2.26. The molecule has 1 fully saturated rings. The van der Waals surface area contributed by atoms with Crippen molar-refractivity contribution in [1.82, 2.24) is 19.7 Å². The molecule has 0 aromatic carbocycles. The summed E-state index contributed by atoms with van der Waals surface area (Å²) >= 11 is 0. The molecular formula is C19H20N4O2. The van der Waals surface area contributed by atoms with Crippen LogP contribution in [0.3, 0.4) is 0 Å². The second kappa shape index (κ2) is 6.55. The summed E-state index contributed by atoms with van der Waals surface area (Å²) in [5.74, 6) is 1.06. The zero-order valence-electron chi connectivity index (χ0n) is 14.1. The fourth-order valence-corrected chi connectivity index (χ4v) is 3.39. The molecule has 1 atom stereocenters. The number of carbonyl (C=O) groups excluding carboxylic acids is 1. The molecule has 1 aliphatic heterocycles. The lowest BCUT2D eigenvalue weighted by Gasteiger charge is -2.32. The van der Waals surface area contributed by atoms with E-state index in [1.165, 1.54) is 5.56 Å². The molecule has 0 N–H and O–H groups in total. The number of pyridine rings is 1. The number of aromatic nitrogens is 3. The smallest absolute Gasteiger partial charge is 0.254 e. The number of nitrogens with zero attached hydrogens (tertiary/aromatic N) is 4. The SMILES string of the molecule is Cn1cc(C2CCCN(C(=O)c3ccnc(-c4ccco4)c3)C2)cn1. The van der Waals surface area contributed by atoms with Gasteiger partial charge in [0.25, 0.3) is 5.91 Å². The van der Waals surface area contributed by atoms with Gasteiger partial charge in [-0.15, -0.1) is 0 Å². The molecule has 6 heteroatoms. The number of piperidine rings is 1. The van der Waals surface area contributed by atoms with Crippen molar-refractivity contribution in [3.63, 3.8) is 0 Å². The van der Waals surface area contributed by atoms with E-state index in [0.717, 1.165) is 25.9 Å². The molecular weight excluding hydrogens is 316 g/mol. The molecule has 3 aromatic rings. The maximum Gasteiger partial charge on any atom is 0.254 e. The summed E-state index contributed by atoms with van der Waals surface area (Å²) in [5.41, 5.74) is 2.52. The van der Waals surface area contributed by atoms with Gasteiger partial charge in [-0.1, -0.05) is 0 Å². The van der Waals surface area contributed by atoms with Crippen molar-refractivity contribution in [3.8, 4) is 11.5 Å². The third-order valence-electron chi connectivity index (χ3n) is 4.69. The Kier molecular flexibility index (Phi) is 4.09. The predicted molar refractivity (Wildman–Crippen MR) is 93.0 cm³/mol. The Morgan fingerprint density at radius 2 is 2.28 bits per heavy atom. The minimum absolute atomic E-state index is 0.0452. The van der Waals surface area contributed by atoms with Gasteiger partial charge in [0.05, 0.1) is 12.5 Å². The van der Waals surface area contributed by atoms with Gasteiger partial charge in [-0.2, -0.15) is 5.10 Å². The standard InChI is InChI=1S/C19H20N4O2/c1-22-12-16(11-21-22)15-4-2-8-23(13-15)19(24)14-6-7-20-17(10-14)18-5-3-9-25-18/h3,5-7,9-12,15H,2,4,8,13H2,1H3. The molecule has 1 unspecified atom stereocenters. The monoisotopic (exact) mass is 336 g/mol. The van der Waals surface area contributed by atoms with E-state index in [1.54, 1.807) is 24.6 Å². The van der Waals surface area contributed by atoms with Crippen LogP contribution in [-0.2, 0) is 7.05 Å². The first-order valence-corrected chi connectivity index (χ1v) is 8.48. The Bertz CT molecular complexity index is 869. The molecule has 6 nitrogen and oxygen atoms in total. The van der Waals surface area contributed by atoms with Crippen LogP contribution in [0.15, 0.2) is 53.5 Å². The maximum atomic E-state index is 13.0. The van der Waals surface area contributed by atoms with Gasteiger partial charge in [-0.05, 0) is 42.7 Å². The quantitative estimate of drug-likeness (QED) is 0.737. The van der Waals surface area contributed by atoms with Gasteiger partial charge in [-0.25, -0.2) is 0 Å². The number of carbonyl (C=O) groups is 1. The second-order valence-electron chi connectivity index (χ2n) is 6.44. The molecule has 3 aromatic heterocycles. The summed E-state index contributed by atoms with van der Waals surface area (Å²) < 4.78 is 7.19. The molecule has 0 saturated carbocycles. The van der Waals surface area contributed by atoms with Gasteiger partial charge in [0, 0.05) is 44.0 Å². The number of rotatable bonds is 3. The zero-order valence-corrected chi connectivity index (χ0v) is 14.1. The molecule has 4 rings (SSSR count). The Labute approximate surface area is 146 Å². The van der Waals surface area contributed by atoms with Crippen LogP contribution >= 0.6 is 0 Å². The van der Waals surface area contributed by atoms with Crippen molar-refractivity contribution in [1.29, 1.82) is 0 Å². The minimum atomic E-state index is 0.0452. The Morgan fingerprint density at radius 1 is 1.36 bits per heavy atom. The van der Waals surface area contributed by atoms with E-state index in [1.807, 2.05) is 41.2 Å². The number of amides is 1. The van der Waals surface area contributed by atoms with Gasteiger partial charge >= 0.3 is 0 Å². The first kappa shape index (κ1) is 15.6. The maximum absolute atomic E-state index is 13.0. The summed E-state index contributed by atoms with van der Waals surface area (Å²) in [6.07, 6.45) is 9.30. The van der Waals surface area contributed by atoms with Crippen molar-refractivity contribution in [2.75, 3.05) is 13.1 Å². The summed E-state index contributed by atoms with van der Waals surface area (Å²) in [7, 11) is 1.92. The molecule has 0 radical (unpaired) electrons. The van der Waals surface area contributed by atoms with Crippen LogP contribution in [0.5, 0.6) is 0 Å². The Morgan fingerprint density at radius 3 is 3.04 bits per heavy atom. The molecule has 1 aliphatic rings. The highest BCUT2D eigenvalue weighted by molar-refractivity contribution is 5.95. The van der Waals surface area contributed by atoms with E-state index in [9.17, 15) is 4.79 Å². The van der Waals surface area contributed by atoms with Gasteiger partial charge in [0.15, 0.2) is 5.76 Å². The summed E-state index contributed by atoms with van der Waals surface area (Å²) in [5, 5.41) is 4.25. The van der Waals surface area contributed by atoms with Crippen molar-refractivity contribution < 1.29 is 9.21 Å². The van der Waals surface area contributed by atoms with Crippen LogP contribution in [-0.4, -0.2) is 38.7 Å². The fourth-order valence-electron chi connectivity index (χ4n) is 3.39. The lowest BCUT2D eigenvalue weighted by atomic mass is 9.92. The summed E-state index contributed by atoms with van der Waals surface area (Å²) in [6, 6.07) is 7.22. The number of hydrogen-bond acceptors (Lipinski definition) is 4. The van der Waals surface area contributed by atoms with E-state index in [0.29, 0.717) is 22.9 Å². The lowest BCUT2D eigenvalue weighted by Crippen LogP contribution is -2.39. The third-order valence-corrected chi connectivity index (χ3v) is 4.69. The molecule has 0 bridgehead atoms. The van der Waals surface area contributed by atoms with Gasteiger partial charge in [0.1, 0.15) is 5.69 Å². The van der Waals surface area contributed by atoms with Crippen LogP contribution in [0.4, 0.5) is 0 Å². The van der Waals surface area contributed by atoms with E-state index in [-0.39, 0.29) is 5.91 Å². The van der Waals surface area contributed by atoms with Crippen molar-refractivity contribution >= 4 is 5.91 Å². The second-order valence-corrected chi connectivity index (χ2v) is 6.44. The van der Waals surface area contributed by atoms with Crippen molar-refractivity contribution in [3.05, 3.63) is 60.2 Å². The van der Waals surface area contributed by atoms with Crippen molar-refractivity contribution in [2.24, 2.45) is 7.05 Å². The molecule has 1 saturated heterocycles. The third kappa shape index (κ3) is 3.20. The van der Waals surface area contributed by atoms with Gasteiger partial charge in [0.2, 0.25) is 0 Å². The van der Waals surface area contributed by atoms with Crippen LogP contribution in [0.1, 0.15) is 34.7 Å². The van der Waals surface area contributed by atoms with Crippen molar-refractivity contribution in [2.45, 2.75) is 18.8 Å². The number of hydrogen-bond donors (Lipinski definition) is 0. The van der Waals surface area contributed by atoms with Crippen LogP contribution in [0.2, 0.25) is 0 Å². The topological polar surface area (TPSA) is 64.2 Å². The Balaban J connectivity index is 1.53. The molecule has 4 heterocycles. The predicted octanol–water partition coefficient (Wildman–Crippen LogP) is 3.09. The molecule has 1 amide bonds. The fraction of sp³-hybridized carbons (Fsp3) is 0.316. The van der Waals surface area contributed by atoms with E-state index in [2.05, 4.69) is 10.1 Å². The van der Waals surface area contributed by atoms with Crippen LogP contribution in [0.25, 0.3) is 11.5 Å². The number of aryl methyl sites for hydroxylation is 1. The summed E-state index contributed by atoms with van der Waals surface area (Å²) in [6.45, 7) is 1.51.